The average Bonchev–Trinajstić information content (AvgIpc) is 2.60. The topological polar surface area (TPSA) is 74.7 Å². The molecule has 0 aromatic carbocycles. The van der Waals surface area contributed by atoms with Gasteiger partial charge >= 0.3 is 5.97 Å². The largest absolute Gasteiger partial charge is 0.480 e. The minimum absolute atomic E-state index is 0.0229. The number of thioether (sulfide) groups is 1. The van der Waals surface area contributed by atoms with Crippen LogP contribution in [-0.2, 0) is 14.4 Å². The molecule has 1 saturated heterocycles. The lowest BCUT2D eigenvalue weighted by molar-refractivity contribution is -0.151. The molecule has 2 unspecified atom stereocenters. The van der Waals surface area contributed by atoms with Gasteiger partial charge in [-0.2, -0.15) is 0 Å². The van der Waals surface area contributed by atoms with Crippen LogP contribution in [0.1, 0.15) is 39.5 Å². The van der Waals surface area contributed by atoms with Crippen molar-refractivity contribution in [3.8, 4) is 0 Å². The third-order valence-corrected chi connectivity index (χ3v) is 4.35. The van der Waals surface area contributed by atoms with Crippen molar-refractivity contribution in [3.05, 3.63) is 0 Å². The normalized spacial score (nSPS) is 21.6. The average molecular weight is 287 g/mol. The third-order valence-electron chi connectivity index (χ3n) is 3.28. The molecule has 5 nitrogen and oxygen atoms in total. The predicted octanol–water partition coefficient (Wildman–Crippen LogP) is 1.76. The molecule has 0 aliphatic carbocycles. The van der Waals surface area contributed by atoms with Crippen LogP contribution in [0.2, 0.25) is 0 Å². The van der Waals surface area contributed by atoms with E-state index in [1.165, 1.54) is 11.8 Å². The van der Waals surface area contributed by atoms with Gasteiger partial charge in [-0.1, -0.05) is 31.5 Å². The maximum atomic E-state index is 12.3. The van der Waals surface area contributed by atoms with Gasteiger partial charge in [0.15, 0.2) is 5.12 Å². The number of rotatable bonds is 4. The maximum absolute atomic E-state index is 12.3. The van der Waals surface area contributed by atoms with Crippen LogP contribution in [0.4, 0.5) is 0 Å². The molecule has 2 atom stereocenters. The number of likely N-dealkylation sites (tertiary alicyclic amines) is 1. The molecule has 0 aromatic rings. The molecule has 0 saturated carbocycles. The van der Waals surface area contributed by atoms with Crippen molar-refractivity contribution >= 4 is 28.8 Å². The number of carboxylic acids is 1. The van der Waals surface area contributed by atoms with Gasteiger partial charge in [0.25, 0.3) is 0 Å². The Balaban J connectivity index is 2.69. The molecule has 19 heavy (non-hydrogen) atoms. The fraction of sp³-hybridized carbons (Fsp3) is 0.769. The first kappa shape index (κ1) is 16.0. The van der Waals surface area contributed by atoms with E-state index in [1.54, 1.807) is 6.92 Å². The van der Waals surface area contributed by atoms with Gasteiger partial charge in [0, 0.05) is 25.1 Å². The fourth-order valence-electron chi connectivity index (χ4n) is 2.23. The highest BCUT2D eigenvalue weighted by Gasteiger charge is 2.32. The Bertz CT molecular complexity index is 359. The van der Waals surface area contributed by atoms with Gasteiger partial charge in [-0.25, -0.2) is 4.79 Å². The summed E-state index contributed by atoms with van der Waals surface area (Å²) in [5.41, 5.74) is 0. The molecule has 1 heterocycles. The van der Waals surface area contributed by atoms with Gasteiger partial charge in [0.1, 0.15) is 6.04 Å². The summed E-state index contributed by atoms with van der Waals surface area (Å²) in [4.78, 5) is 36.0. The first-order chi connectivity index (χ1) is 8.93. The highest BCUT2D eigenvalue weighted by molar-refractivity contribution is 8.13. The standard InChI is InChI=1S/C13H21NO4S/c1-9(8-19-10(2)15)12(16)14-7-5-3-4-6-11(14)13(17)18/h9,11H,3-8H2,1-2H3,(H,17,18). The zero-order chi connectivity index (χ0) is 14.4. The van der Waals surface area contributed by atoms with E-state index in [-0.39, 0.29) is 16.9 Å². The van der Waals surface area contributed by atoms with Gasteiger partial charge in [-0.15, -0.1) is 0 Å². The van der Waals surface area contributed by atoms with Crippen LogP contribution < -0.4 is 0 Å². The van der Waals surface area contributed by atoms with Gasteiger partial charge in [-0.05, 0) is 12.8 Å². The van der Waals surface area contributed by atoms with E-state index in [1.807, 2.05) is 0 Å². The maximum Gasteiger partial charge on any atom is 0.326 e. The molecule has 0 bridgehead atoms. The zero-order valence-electron chi connectivity index (χ0n) is 11.4. The molecule has 6 heteroatoms. The van der Waals surface area contributed by atoms with Gasteiger partial charge in [0.2, 0.25) is 5.91 Å². The molecule has 1 fully saturated rings. The third kappa shape index (κ3) is 4.86. The first-order valence-corrected chi connectivity index (χ1v) is 7.58. The molecular weight excluding hydrogens is 266 g/mol. The van der Waals surface area contributed by atoms with E-state index in [4.69, 9.17) is 0 Å². The lowest BCUT2D eigenvalue weighted by Gasteiger charge is -2.29. The lowest BCUT2D eigenvalue weighted by atomic mass is 10.1. The van der Waals surface area contributed by atoms with Gasteiger partial charge in [0.05, 0.1) is 0 Å². The Hall–Kier alpha value is -1.04. The number of carbonyl (C=O) groups is 3. The van der Waals surface area contributed by atoms with Crippen LogP contribution in [0.25, 0.3) is 0 Å². The van der Waals surface area contributed by atoms with E-state index in [9.17, 15) is 19.5 Å². The second-order valence-electron chi connectivity index (χ2n) is 4.94. The van der Waals surface area contributed by atoms with Crippen molar-refractivity contribution in [3.63, 3.8) is 0 Å². The second kappa shape index (κ2) is 7.53. The predicted molar refractivity (Wildman–Crippen MR) is 73.9 cm³/mol. The minimum atomic E-state index is -0.929. The molecule has 1 rings (SSSR count). The minimum Gasteiger partial charge on any atom is -0.480 e. The number of carboxylic acid groups (broad SMARTS) is 1. The summed E-state index contributed by atoms with van der Waals surface area (Å²) in [6.07, 6.45) is 3.18. The van der Waals surface area contributed by atoms with Crippen molar-refractivity contribution in [1.29, 1.82) is 0 Å². The Labute approximate surface area is 117 Å². The van der Waals surface area contributed by atoms with Crippen LogP contribution in [0.5, 0.6) is 0 Å². The summed E-state index contributed by atoms with van der Waals surface area (Å²) in [7, 11) is 0. The van der Waals surface area contributed by atoms with Crippen molar-refractivity contribution in [1.82, 2.24) is 4.90 Å². The molecule has 1 aliphatic heterocycles. The SMILES string of the molecule is CC(=O)SCC(C)C(=O)N1CCCCCC1C(=O)O. The molecule has 0 spiro atoms. The van der Waals surface area contributed by atoms with Crippen LogP contribution in [0.3, 0.4) is 0 Å². The molecule has 1 N–H and O–H groups in total. The number of carbonyl (C=O) groups excluding carboxylic acids is 2. The highest BCUT2D eigenvalue weighted by Crippen LogP contribution is 2.21. The van der Waals surface area contributed by atoms with Gasteiger partial charge < -0.3 is 10.0 Å². The Morgan fingerprint density at radius 1 is 1.32 bits per heavy atom. The summed E-state index contributed by atoms with van der Waals surface area (Å²) < 4.78 is 0. The van der Waals surface area contributed by atoms with Gasteiger partial charge in [-0.3, -0.25) is 9.59 Å². The smallest absolute Gasteiger partial charge is 0.326 e. The summed E-state index contributed by atoms with van der Waals surface area (Å²) in [6, 6.07) is -0.709. The molecule has 0 radical (unpaired) electrons. The summed E-state index contributed by atoms with van der Waals surface area (Å²) >= 11 is 1.11. The molecular formula is C13H21NO4S. The van der Waals surface area contributed by atoms with Crippen LogP contribution in [0, 0.1) is 5.92 Å². The quantitative estimate of drug-likeness (QED) is 0.852. The summed E-state index contributed by atoms with van der Waals surface area (Å²) in [5, 5.41) is 9.21. The number of hydrogen-bond donors (Lipinski definition) is 1. The van der Waals surface area contributed by atoms with E-state index in [2.05, 4.69) is 0 Å². The monoisotopic (exact) mass is 287 g/mol. The van der Waals surface area contributed by atoms with Crippen LogP contribution in [0.15, 0.2) is 0 Å². The van der Waals surface area contributed by atoms with E-state index in [0.717, 1.165) is 31.0 Å². The number of aliphatic carboxylic acids is 1. The number of hydrogen-bond acceptors (Lipinski definition) is 4. The molecule has 0 aromatic heterocycles. The zero-order valence-corrected chi connectivity index (χ0v) is 12.2. The Morgan fingerprint density at radius 3 is 2.58 bits per heavy atom. The summed E-state index contributed by atoms with van der Waals surface area (Å²) in [6.45, 7) is 3.72. The Kier molecular flexibility index (Phi) is 6.34. The number of amides is 1. The lowest BCUT2D eigenvalue weighted by Crippen LogP contribution is -2.47. The highest BCUT2D eigenvalue weighted by atomic mass is 32.2. The van der Waals surface area contributed by atoms with Crippen molar-refractivity contribution in [2.24, 2.45) is 5.92 Å². The number of nitrogens with zero attached hydrogens (tertiary/aromatic N) is 1. The van der Waals surface area contributed by atoms with Crippen LogP contribution in [-0.4, -0.2) is 45.3 Å². The van der Waals surface area contributed by atoms with E-state index in [0.29, 0.717) is 18.7 Å². The molecule has 1 aliphatic rings. The molecule has 1 amide bonds. The van der Waals surface area contributed by atoms with E-state index >= 15 is 0 Å². The summed E-state index contributed by atoms with van der Waals surface area (Å²) in [5.74, 6) is -0.990. The fourth-order valence-corrected chi connectivity index (χ4v) is 2.85. The van der Waals surface area contributed by atoms with E-state index < -0.39 is 12.0 Å². The second-order valence-corrected chi connectivity index (χ2v) is 6.14. The first-order valence-electron chi connectivity index (χ1n) is 6.60. The molecule has 108 valence electrons. The van der Waals surface area contributed by atoms with Crippen LogP contribution >= 0.6 is 11.8 Å². The van der Waals surface area contributed by atoms with Crippen molar-refractivity contribution < 1.29 is 19.5 Å². The Morgan fingerprint density at radius 2 is 2.00 bits per heavy atom. The van der Waals surface area contributed by atoms with Crippen molar-refractivity contribution in [2.75, 3.05) is 12.3 Å². The van der Waals surface area contributed by atoms with Crippen molar-refractivity contribution in [2.45, 2.75) is 45.6 Å².